The summed E-state index contributed by atoms with van der Waals surface area (Å²) in [4.78, 5) is 26.1. The molecule has 0 saturated carbocycles. The van der Waals surface area contributed by atoms with Crippen molar-refractivity contribution in [3.05, 3.63) is 47.8 Å². The molecule has 1 aromatic carbocycles. The van der Waals surface area contributed by atoms with Crippen LogP contribution < -0.4 is 5.32 Å². The van der Waals surface area contributed by atoms with Gasteiger partial charge in [0.15, 0.2) is 5.69 Å². The second kappa shape index (κ2) is 5.74. The lowest BCUT2D eigenvalue weighted by Crippen LogP contribution is -2.58. The van der Waals surface area contributed by atoms with Crippen molar-refractivity contribution in [2.75, 3.05) is 13.1 Å². The lowest BCUT2D eigenvalue weighted by molar-refractivity contribution is -0.127. The van der Waals surface area contributed by atoms with Crippen molar-refractivity contribution in [2.45, 2.75) is 12.5 Å². The number of hydrogen-bond donors (Lipinski definition) is 2. The summed E-state index contributed by atoms with van der Waals surface area (Å²) in [7, 11) is 0. The van der Waals surface area contributed by atoms with Gasteiger partial charge in [-0.05, 0) is 5.56 Å². The van der Waals surface area contributed by atoms with Crippen LogP contribution in [0.3, 0.4) is 0 Å². The first-order valence-electron chi connectivity index (χ1n) is 6.74. The fourth-order valence-electron chi connectivity index (χ4n) is 2.45. The third-order valence-corrected chi connectivity index (χ3v) is 3.50. The Balaban J connectivity index is 1.83. The number of hydrogen-bond acceptors (Lipinski definition) is 4. The van der Waals surface area contributed by atoms with Gasteiger partial charge in [-0.2, -0.15) is 15.4 Å². The van der Waals surface area contributed by atoms with E-state index in [0.717, 1.165) is 5.56 Å². The van der Waals surface area contributed by atoms with Crippen molar-refractivity contribution < 1.29 is 9.59 Å². The highest BCUT2D eigenvalue weighted by Crippen LogP contribution is 2.14. The van der Waals surface area contributed by atoms with Crippen LogP contribution in [0.4, 0.5) is 0 Å². The van der Waals surface area contributed by atoms with Crippen LogP contribution >= 0.6 is 0 Å². The molecule has 1 aromatic heterocycles. The number of rotatable bonds is 3. The maximum absolute atomic E-state index is 12.4. The van der Waals surface area contributed by atoms with Gasteiger partial charge in [-0.1, -0.05) is 30.3 Å². The first-order chi connectivity index (χ1) is 10.3. The van der Waals surface area contributed by atoms with Gasteiger partial charge in [-0.15, -0.1) is 0 Å². The van der Waals surface area contributed by atoms with Gasteiger partial charge in [0.1, 0.15) is 6.04 Å². The van der Waals surface area contributed by atoms with Crippen LogP contribution in [0.15, 0.2) is 36.5 Å². The molecule has 1 aliphatic heterocycles. The third kappa shape index (κ3) is 2.76. The molecule has 0 aliphatic carbocycles. The number of benzene rings is 1. The summed E-state index contributed by atoms with van der Waals surface area (Å²) in [6, 6.07) is 9.12. The van der Waals surface area contributed by atoms with Crippen LogP contribution in [0.25, 0.3) is 0 Å². The molecule has 108 valence electrons. The maximum Gasteiger partial charge on any atom is 0.276 e. The Kier molecular flexibility index (Phi) is 3.63. The monoisotopic (exact) mass is 285 g/mol. The van der Waals surface area contributed by atoms with E-state index in [1.54, 1.807) is 4.90 Å². The minimum Gasteiger partial charge on any atom is -0.353 e. The Hall–Kier alpha value is -2.70. The highest BCUT2D eigenvalue weighted by Gasteiger charge is 2.34. The van der Waals surface area contributed by atoms with Crippen LogP contribution in [0.5, 0.6) is 0 Å². The number of piperazine rings is 1. The molecule has 0 bridgehead atoms. The zero-order valence-electron chi connectivity index (χ0n) is 11.3. The van der Waals surface area contributed by atoms with Crippen molar-refractivity contribution in [1.29, 1.82) is 0 Å². The summed E-state index contributed by atoms with van der Waals surface area (Å²) in [5.74, 6) is -0.415. The van der Waals surface area contributed by atoms with Crippen molar-refractivity contribution in [1.82, 2.24) is 25.6 Å². The molecule has 1 aliphatic rings. The van der Waals surface area contributed by atoms with E-state index >= 15 is 0 Å². The van der Waals surface area contributed by atoms with Gasteiger partial charge < -0.3 is 10.2 Å². The van der Waals surface area contributed by atoms with Gasteiger partial charge in [0.05, 0.1) is 6.20 Å². The van der Waals surface area contributed by atoms with E-state index in [1.165, 1.54) is 6.20 Å². The van der Waals surface area contributed by atoms with Gasteiger partial charge in [-0.3, -0.25) is 9.59 Å². The van der Waals surface area contributed by atoms with Crippen molar-refractivity contribution in [3.63, 3.8) is 0 Å². The van der Waals surface area contributed by atoms with Gasteiger partial charge in [0.25, 0.3) is 5.91 Å². The average molecular weight is 285 g/mol. The number of H-pyrrole nitrogens is 1. The number of aromatic nitrogens is 3. The highest BCUT2D eigenvalue weighted by atomic mass is 16.2. The van der Waals surface area contributed by atoms with E-state index in [1.807, 2.05) is 30.3 Å². The molecule has 1 atom stereocenters. The number of nitrogens with zero attached hydrogens (tertiary/aromatic N) is 3. The van der Waals surface area contributed by atoms with E-state index in [4.69, 9.17) is 0 Å². The number of aromatic amines is 1. The molecule has 2 heterocycles. The first-order valence-corrected chi connectivity index (χ1v) is 6.74. The van der Waals surface area contributed by atoms with Crippen LogP contribution in [0.1, 0.15) is 16.1 Å². The van der Waals surface area contributed by atoms with Gasteiger partial charge >= 0.3 is 0 Å². The smallest absolute Gasteiger partial charge is 0.276 e. The van der Waals surface area contributed by atoms with E-state index in [2.05, 4.69) is 20.7 Å². The van der Waals surface area contributed by atoms with E-state index < -0.39 is 6.04 Å². The molecular weight excluding hydrogens is 270 g/mol. The standard InChI is InChI=1S/C14H15N5O2/c20-13-12(8-10-4-2-1-3-5-10)19(7-6-15-13)14(21)11-9-16-18-17-11/h1-5,9,12H,6-8H2,(H,15,20)(H,16,17,18)/t12-/m0/s1. The lowest BCUT2D eigenvalue weighted by Gasteiger charge is -2.34. The Labute approximate surface area is 121 Å². The SMILES string of the molecule is O=C1NCCN(C(=O)c2cn[nH]n2)[C@H]1Cc1ccccc1. The molecule has 7 heteroatoms. The number of carbonyl (C=O) groups excluding carboxylic acids is 2. The minimum absolute atomic E-state index is 0.137. The molecule has 2 N–H and O–H groups in total. The van der Waals surface area contributed by atoms with Crippen molar-refractivity contribution in [2.24, 2.45) is 0 Å². The molecule has 0 radical (unpaired) electrons. The quantitative estimate of drug-likeness (QED) is 0.829. The van der Waals surface area contributed by atoms with E-state index in [9.17, 15) is 9.59 Å². The Morgan fingerprint density at radius 1 is 1.33 bits per heavy atom. The fourth-order valence-corrected chi connectivity index (χ4v) is 2.45. The predicted molar refractivity (Wildman–Crippen MR) is 74.4 cm³/mol. The molecule has 21 heavy (non-hydrogen) atoms. The molecule has 0 unspecified atom stereocenters. The van der Waals surface area contributed by atoms with Gasteiger partial charge in [0.2, 0.25) is 5.91 Å². The number of amides is 2. The van der Waals surface area contributed by atoms with Gasteiger partial charge in [0, 0.05) is 19.5 Å². The van der Waals surface area contributed by atoms with Crippen LogP contribution in [-0.2, 0) is 11.2 Å². The van der Waals surface area contributed by atoms with E-state index in [-0.39, 0.29) is 17.5 Å². The molecule has 1 fully saturated rings. The molecule has 1 saturated heterocycles. The largest absolute Gasteiger partial charge is 0.353 e. The molecule has 3 rings (SSSR count). The zero-order valence-corrected chi connectivity index (χ0v) is 11.3. The number of carbonyl (C=O) groups is 2. The average Bonchev–Trinajstić information content (AvgIpc) is 3.04. The van der Waals surface area contributed by atoms with Crippen LogP contribution in [-0.4, -0.2) is 51.3 Å². The molecule has 2 aromatic rings. The zero-order chi connectivity index (χ0) is 14.7. The Bertz CT molecular complexity index is 626. The topological polar surface area (TPSA) is 91.0 Å². The molecule has 7 nitrogen and oxygen atoms in total. The summed E-state index contributed by atoms with van der Waals surface area (Å²) in [5, 5.41) is 12.7. The summed E-state index contributed by atoms with van der Waals surface area (Å²) < 4.78 is 0. The Morgan fingerprint density at radius 2 is 2.14 bits per heavy atom. The summed E-state index contributed by atoms with van der Waals surface area (Å²) >= 11 is 0. The molecule has 0 spiro atoms. The van der Waals surface area contributed by atoms with Crippen molar-refractivity contribution in [3.8, 4) is 0 Å². The lowest BCUT2D eigenvalue weighted by atomic mass is 10.0. The normalized spacial score (nSPS) is 18.4. The maximum atomic E-state index is 12.4. The second-order valence-electron chi connectivity index (χ2n) is 4.85. The molecular formula is C14H15N5O2. The van der Waals surface area contributed by atoms with Crippen molar-refractivity contribution >= 4 is 11.8 Å². The third-order valence-electron chi connectivity index (χ3n) is 3.50. The summed E-state index contributed by atoms with van der Waals surface area (Å²) in [5.41, 5.74) is 1.24. The highest BCUT2D eigenvalue weighted by molar-refractivity contribution is 5.96. The second-order valence-corrected chi connectivity index (χ2v) is 4.85. The summed E-state index contributed by atoms with van der Waals surface area (Å²) in [6.45, 7) is 0.919. The van der Waals surface area contributed by atoms with Crippen LogP contribution in [0.2, 0.25) is 0 Å². The predicted octanol–water partition coefficient (Wildman–Crippen LogP) is -0.0120. The fraction of sp³-hybridized carbons (Fsp3) is 0.286. The minimum atomic E-state index is -0.523. The van der Waals surface area contributed by atoms with E-state index in [0.29, 0.717) is 19.5 Å². The number of nitrogens with one attached hydrogen (secondary N) is 2. The summed E-state index contributed by atoms with van der Waals surface area (Å²) in [6.07, 6.45) is 1.85. The first kappa shape index (κ1) is 13.3. The Morgan fingerprint density at radius 3 is 2.86 bits per heavy atom. The van der Waals surface area contributed by atoms with Gasteiger partial charge in [-0.25, -0.2) is 0 Å². The molecule has 2 amide bonds. The van der Waals surface area contributed by atoms with Crippen LogP contribution in [0, 0.1) is 0 Å².